The minimum atomic E-state index is -0.969. The van der Waals surface area contributed by atoms with Crippen molar-refractivity contribution in [2.45, 2.75) is 13.3 Å². The molecule has 0 saturated heterocycles. The molecule has 0 fully saturated rings. The monoisotopic (exact) mass is 107 g/mol. The number of nitrogens with zero attached hydrogens (tertiary/aromatic N) is 1. The van der Waals surface area contributed by atoms with Gasteiger partial charge in [0.05, 0.1) is 6.20 Å². The lowest BCUT2D eigenvalue weighted by Crippen LogP contribution is -1.83. The molecule has 0 amide bonds. The smallest absolute Gasteiger partial charge is 0.0650 e. The molecule has 42 valence electrons. The third kappa shape index (κ3) is 5.40. The highest BCUT2D eigenvalue weighted by molar-refractivity contribution is 4.72. The maximum atomic E-state index is 11.0. The van der Waals surface area contributed by atoms with E-state index in [1.807, 2.05) is 0 Å². The molecule has 0 aliphatic carbocycles. The molecular formula is C4H7F2N. The predicted octanol–water partition coefficient (Wildman–Crippen LogP) is 1.98. The third-order valence-corrected chi connectivity index (χ3v) is 0.454. The molecule has 0 atom stereocenters. The summed E-state index contributed by atoms with van der Waals surface area (Å²) in [5.74, 6) is 0. The molecule has 7 heavy (non-hydrogen) atoms. The van der Waals surface area contributed by atoms with Gasteiger partial charge < -0.3 is 0 Å². The van der Waals surface area contributed by atoms with Gasteiger partial charge in [-0.2, -0.15) is 0 Å². The second kappa shape index (κ2) is 3.59. The first-order valence-corrected chi connectivity index (χ1v) is 2.04. The second-order valence-corrected chi connectivity index (χ2v) is 1.05. The van der Waals surface area contributed by atoms with Gasteiger partial charge in [0.1, 0.15) is 0 Å². The molecule has 0 aromatic heterocycles. The normalized spacial score (nSPS) is 10.1. The number of allylic oxidation sites excluding steroid dienone is 1. The van der Waals surface area contributed by atoms with E-state index in [0.29, 0.717) is 6.42 Å². The van der Waals surface area contributed by atoms with Gasteiger partial charge in [-0.15, -0.1) is 0 Å². The van der Waals surface area contributed by atoms with E-state index in [2.05, 4.69) is 0 Å². The Labute approximate surface area is 41.1 Å². The molecule has 1 nitrogen and oxygen atoms in total. The van der Waals surface area contributed by atoms with Gasteiger partial charge in [0.2, 0.25) is 0 Å². The SMILES string of the molecule is CCC=CN(F)F. The van der Waals surface area contributed by atoms with Crippen molar-refractivity contribution < 1.29 is 8.96 Å². The topological polar surface area (TPSA) is 3.24 Å². The number of hydrogen-bond acceptors (Lipinski definition) is 1. The highest BCUT2D eigenvalue weighted by atomic mass is 19.4. The van der Waals surface area contributed by atoms with E-state index < -0.39 is 5.34 Å². The van der Waals surface area contributed by atoms with Gasteiger partial charge in [-0.3, -0.25) is 0 Å². The molecule has 0 aromatic rings. The molecule has 0 N–H and O–H groups in total. The average Bonchev–Trinajstić information content (AvgIpc) is 1.61. The predicted molar refractivity (Wildman–Crippen MR) is 23.5 cm³/mol. The Kier molecular flexibility index (Phi) is 3.28. The average molecular weight is 107 g/mol. The Balaban J connectivity index is 3.08. The minimum absolute atomic E-state index is 0.643. The molecular weight excluding hydrogens is 100 g/mol. The molecule has 0 unspecified atom stereocenters. The zero-order valence-electron chi connectivity index (χ0n) is 4.06. The molecule has 0 aliphatic rings. The van der Waals surface area contributed by atoms with Crippen molar-refractivity contribution in [3.8, 4) is 0 Å². The summed E-state index contributed by atoms with van der Waals surface area (Å²) in [7, 11) is 0. The summed E-state index contributed by atoms with van der Waals surface area (Å²) in [6.45, 7) is 1.79. The quantitative estimate of drug-likeness (QED) is 0.487. The Bertz CT molecular complexity index is 60.7. The molecule has 0 saturated carbocycles. The largest absolute Gasteiger partial charge is 0.0673 e. The molecule has 0 heterocycles. The second-order valence-electron chi connectivity index (χ2n) is 1.05. The van der Waals surface area contributed by atoms with Crippen LogP contribution in [-0.2, 0) is 0 Å². The van der Waals surface area contributed by atoms with Crippen LogP contribution >= 0.6 is 0 Å². The van der Waals surface area contributed by atoms with E-state index in [1.165, 1.54) is 6.08 Å². The lowest BCUT2D eigenvalue weighted by atomic mass is 10.5. The van der Waals surface area contributed by atoms with Gasteiger partial charge in [-0.05, 0) is 11.8 Å². The van der Waals surface area contributed by atoms with E-state index in [4.69, 9.17) is 0 Å². The number of rotatable bonds is 2. The van der Waals surface area contributed by atoms with Crippen molar-refractivity contribution in [2.24, 2.45) is 0 Å². The zero-order valence-corrected chi connectivity index (χ0v) is 4.06. The fourth-order valence-electron chi connectivity index (χ4n) is 0.185. The van der Waals surface area contributed by atoms with Gasteiger partial charge >= 0.3 is 0 Å². The maximum absolute atomic E-state index is 11.0. The standard InChI is InChI=1S/C4H7F2N/c1-2-3-4-7(5)6/h3-4H,2H2,1H3. The van der Waals surface area contributed by atoms with Gasteiger partial charge in [0.15, 0.2) is 0 Å². The Morgan fingerprint density at radius 2 is 2.14 bits per heavy atom. The van der Waals surface area contributed by atoms with Gasteiger partial charge in [-0.1, -0.05) is 22.0 Å². The van der Waals surface area contributed by atoms with Crippen LogP contribution in [0.15, 0.2) is 12.3 Å². The molecule has 3 heteroatoms. The van der Waals surface area contributed by atoms with Gasteiger partial charge in [0.25, 0.3) is 0 Å². The first-order valence-electron chi connectivity index (χ1n) is 2.04. The van der Waals surface area contributed by atoms with E-state index in [-0.39, 0.29) is 0 Å². The van der Waals surface area contributed by atoms with Crippen LogP contribution < -0.4 is 0 Å². The molecule has 0 aliphatic heterocycles. The summed E-state index contributed by atoms with van der Waals surface area (Å²) in [4.78, 5) is 0. The van der Waals surface area contributed by atoms with Crippen molar-refractivity contribution in [2.75, 3.05) is 0 Å². The van der Waals surface area contributed by atoms with E-state index in [1.54, 1.807) is 6.92 Å². The van der Waals surface area contributed by atoms with Crippen LogP contribution in [0, 0.1) is 0 Å². The van der Waals surface area contributed by atoms with Crippen molar-refractivity contribution >= 4 is 0 Å². The summed E-state index contributed by atoms with van der Waals surface area (Å²) in [5.41, 5.74) is 0. The van der Waals surface area contributed by atoms with E-state index in [9.17, 15) is 8.96 Å². The summed E-state index contributed by atoms with van der Waals surface area (Å²) in [5, 5.41) is -0.969. The van der Waals surface area contributed by atoms with E-state index >= 15 is 0 Å². The fraction of sp³-hybridized carbons (Fsp3) is 0.500. The fourth-order valence-corrected chi connectivity index (χ4v) is 0.185. The van der Waals surface area contributed by atoms with Crippen molar-refractivity contribution in [1.82, 2.24) is 5.34 Å². The number of hydrogen-bond donors (Lipinski definition) is 0. The van der Waals surface area contributed by atoms with Crippen LogP contribution in [0.25, 0.3) is 0 Å². The highest BCUT2D eigenvalue weighted by Gasteiger charge is 1.81. The van der Waals surface area contributed by atoms with Crippen molar-refractivity contribution in [3.05, 3.63) is 12.3 Å². The minimum Gasteiger partial charge on any atom is -0.0673 e. The molecule has 0 aromatic carbocycles. The van der Waals surface area contributed by atoms with Crippen LogP contribution in [0.5, 0.6) is 0 Å². The maximum Gasteiger partial charge on any atom is 0.0650 e. The molecule has 0 spiro atoms. The van der Waals surface area contributed by atoms with Crippen LogP contribution in [0.4, 0.5) is 8.96 Å². The van der Waals surface area contributed by atoms with Crippen LogP contribution in [0.2, 0.25) is 0 Å². The van der Waals surface area contributed by atoms with E-state index in [0.717, 1.165) is 6.20 Å². The van der Waals surface area contributed by atoms with Crippen LogP contribution in [0.1, 0.15) is 13.3 Å². The van der Waals surface area contributed by atoms with Crippen LogP contribution in [-0.4, -0.2) is 5.34 Å². The Hall–Kier alpha value is -0.600. The lowest BCUT2D eigenvalue weighted by Gasteiger charge is -1.86. The first kappa shape index (κ1) is 6.40. The van der Waals surface area contributed by atoms with Crippen molar-refractivity contribution in [3.63, 3.8) is 0 Å². The van der Waals surface area contributed by atoms with Crippen molar-refractivity contribution in [1.29, 1.82) is 0 Å². The number of halogens is 2. The van der Waals surface area contributed by atoms with Gasteiger partial charge in [-0.25, -0.2) is 0 Å². The first-order chi connectivity index (χ1) is 3.27. The summed E-state index contributed by atoms with van der Waals surface area (Å²) in [6, 6.07) is 0. The Morgan fingerprint density at radius 1 is 1.57 bits per heavy atom. The van der Waals surface area contributed by atoms with Crippen LogP contribution in [0.3, 0.4) is 0 Å². The Morgan fingerprint density at radius 3 is 2.29 bits per heavy atom. The molecule has 0 bridgehead atoms. The highest BCUT2D eigenvalue weighted by Crippen LogP contribution is 1.90. The summed E-state index contributed by atoms with van der Waals surface area (Å²) < 4.78 is 21.9. The summed E-state index contributed by atoms with van der Waals surface area (Å²) >= 11 is 0. The molecule has 0 rings (SSSR count). The van der Waals surface area contributed by atoms with Gasteiger partial charge in [0, 0.05) is 0 Å². The third-order valence-electron chi connectivity index (χ3n) is 0.454. The summed E-state index contributed by atoms with van der Waals surface area (Å²) in [6.07, 6.45) is 2.74. The lowest BCUT2D eigenvalue weighted by molar-refractivity contribution is -0.102. The molecule has 0 radical (unpaired) electrons. The zero-order chi connectivity index (χ0) is 5.70.